The molecule has 0 aromatic heterocycles. The number of fused-ring (bicyclic) bond motifs is 1. The Morgan fingerprint density at radius 1 is 1.10 bits per heavy atom. The summed E-state index contributed by atoms with van der Waals surface area (Å²) >= 11 is 0. The van der Waals surface area contributed by atoms with E-state index < -0.39 is 0 Å². The van der Waals surface area contributed by atoms with Crippen molar-refractivity contribution < 1.29 is 9.59 Å². The molecule has 1 saturated heterocycles. The maximum absolute atomic E-state index is 12.2. The van der Waals surface area contributed by atoms with Crippen LogP contribution in [-0.2, 0) is 4.79 Å². The second kappa shape index (κ2) is 6.95. The molecule has 1 aliphatic heterocycles. The molecule has 5 nitrogen and oxygen atoms in total. The van der Waals surface area contributed by atoms with Crippen LogP contribution in [0.15, 0.2) is 0 Å². The van der Waals surface area contributed by atoms with Gasteiger partial charge >= 0.3 is 6.03 Å². The number of rotatable bonds is 4. The van der Waals surface area contributed by atoms with Gasteiger partial charge in [-0.25, -0.2) is 4.79 Å². The first-order valence-electron chi connectivity index (χ1n) is 7.91. The van der Waals surface area contributed by atoms with E-state index in [0.29, 0.717) is 19.1 Å². The van der Waals surface area contributed by atoms with Crippen molar-refractivity contribution in [1.29, 1.82) is 0 Å². The van der Waals surface area contributed by atoms with E-state index in [1.54, 1.807) is 0 Å². The molecule has 0 spiro atoms. The Labute approximate surface area is 121 Å². The number of amides is 3. The molecule has 5 heteroatoms. The third-order valence-corrected chi connectivity index (χ3v) is 4.48. The Kier molecular flexibility index (Phi) is 5.26. The zero-order valence-corrected chi connectivity index (χ0v) is 12.7. The maximum atomic E-state index is 12.2. The highest BCUT2D eigenvalue weighted by molar-refractivity contribution is 5.78. The minimum absolute atomic E-state index is 0.00737. The van der Waals surface area contributed by atoms with Gasteiger partial charge in [-0.15, -0.1) is 0 Å². The third kappa shape index (κ3) is 3.64. The first-order chi connectivity index (χ1) is 9.59. The number of carbonyl (C=O) groups is 2. The lowest BCUT2D eigenvalue weighted by Crippen LogP contribution is -2.51. The molecule has 2 rings (SSSR count). The molecule has 0 unspecified atom stereocenters. The number of urea groups is 1. The molecule has 0 aromatic carbocycles. The van der Waals surface area contributed by atoms with Crippen LogP contribution >= 0.6 is 0 Å². The van der Waals surface area contributed by atoms with Crippen LogP contribution < -0.4 is 10.6 Å². The Balaban J connectivity index is 1.70. The topological polar surface area (TPSA) is 61.4 Å². The van der Waals surface area contributed by atoms with Gasteiger partial charge in [-0.1, -0.05) is 20.3 Å². The van der Waals surface area contributed by atoms with E-state index >= 15 is 0 Å². The molecule has 3 amide bonds. The summed E-state index contributed by atoms with van der Waals surface area (Å²) in [5, 5.41) is 5.75. The third-order valence-electron chi connectivity index (χ3n) is 4.48. The number of likely N-dealkylation sites (tertiary alicyclic amines) is 1. The Bertz CT molecular complexity index is 357. The molecular formula is C15H27N3O2. The van der Waals surface area contributed by atoms with Crippen LogP contribution in [0.1, 0.15) is 46.0 Å². The first-order valence-corrected chi connectivity index (χ1v) is 7.91. The summed E-state index contributed by atoms with van der Waals surface area (Å²) in [4.78, 5) is 25.6. The average molecular weight is 281 g/mol. The van der Waals surface area contributed by atoms with Gasteiger partial charge in [0, 0.05) is 31.6 Å². The molecule has 1 aliphatic carbocycles. The monoisotopic (exact) mass is 281 g/mol. The summed E-state index contributed by atoms with van der Waals surface area (Å²) in [6, 6.07) is 0.495. The number of nitrogens with one attached hydrogen (secondary N) is 2. The molecular weight excluding hydrogens is 254 g/mol. The SMILES string of the molecule is CC(C)C(=O)NCCNC(=O)N1CCC[C@@H]2CCC[C@@H]21. The van der Waals surface area contributed by atoms with Gasteiger partial charge in [-0.3, -0.25) is 4.79 Å². The van der Waals surface area contributed by atoms with Gasteiger partial charge in [0.15, 0.2) is 0 Å². The second-order valence-corrected chi connectivity index (χ2v) is 6.27. The number of hydrogen-bond donors (Lipinski definition) is 2. The van der Waals surface area contributed by atoms with Crippen LogP contribution in [0, 0.1) is 11.8 Å². The summed E-state index contributed by atoms with van der Waals surface area (Å²) in [5.41, 5.74) is 0. The summed E-state index contributed by atoms with van der Waals surface area (Å²) in [7, 11) is 0. The van der Waals surface area contributed by atoms with Crippen molar-refractivity contribution in [2.75, 3.05) is 19.6 Å². The maximum Gasteiger partial charge on any atom is 0.317 e. The number of hydrogen-bond acceptors (Lipinski definition) is 2. The van der Waals surface area contributed by atoms with E-state index in [0.717, 1.165) is 25.3 Å². The molecule has 2 aliphatic rings. The molecule has 0 radical (unpaired) electrons. The lowest BCUT2D eigenvalue weighted by molar-refractivity contribution is -0.123. The van der Waals surface area contributed by atoms with E-state index in [1.807, 2.05) is 18.7 Å². The van der Waals surface area contributed by atoms with Gasteiger partial charge in [0.2, 0.25) is 5.91 Å². The van der Waals surface area contributed by atoms with Gasteiger partial charge in [0.1, 0.15) is 0 Å². The smallest absolute Gasteiger partial charge is 0.317 e. The molecule has 2 N–H and O–H groups in total. The van der Waals surface area contributed by atoms with Crippen molar-refractivity contribution in [3.63, 3.8) is 0 Å². The lowest BCUT2D eigenvalue weighted by Gasteiger charge is -2.37. The van der Waals surface area contributed by atoms with E-state index in [1.165, 1.54) is 19.3 Å². The van der Waals surface area contributed by atoms with Crippen LogP contribution in [0.4, 0.5) is 4.79 Å². The average Bonchev–Trinajstić information content (AvgIpc) is 2.90. The highest BCUT2D eigenvalue weighted by Crippen LogP contribution is 2.36. The standard InChI is InChI=1S/C15H27N3O2/c1-11(2)14(19)16-8-9-17-15(20)18-10-4-6-12-5-3-7-13(12)18/h11-13H,3-10H2,1-2H3,(H,16,19)(H,17,20)/t12-,13-/m0/s1. The highest BCUT2D eigenvalue weighted by Gasteiger charge is 2.37. The van der Waals surface area contributed by atoms with Gasteiger partial charge in [-0.05, 0) is 31.6 Å². The van der Waals surface area contributed by atoms with Crippen molar-refractivity contribution in [3.8, 4) is 0 Å². The highest BCUT2D eigenvalue weighted by atomic mass is 16.2. The fourth-order valence-electron chi connectivity index (χ4n) is 3.37. The number of piperidine rings is 1. The van der Waals surface area contributed by atoms with E-state index in [4.69, 9.17) is 0 Å². The fraction of sp³-hybridized carbons (Fsp3) is 0.867. The predicted octanol–water partition coefficient (Wildman–Crippen LogP) is 1.73. The molecule has 0 bridgehead atoms. The van der Waals surface area contributed by atoms with Crippen LogP contribution in [0.25, 0.3) is 0 Å². The van der Waals surface area contributed by atoms with Gasteiger partial charge in [0.05, 0.1) is 0 Å². The summed E-state index contributed by atoms with van der Waals surface area (Å²) < 4.78 is 0. The molecule has 114 valence electrons. The molecule has 1 saturated carbocycles. The Morgan fingerprint density at radius 3 is 2.55 bits per heavy atom. The first kappa shape index (κ1) is 15.1. The second-order valence-electron chi connectivity index (χ2n) is 6.27. The fourth-order valence-corrected chi connectivity index (χ4v) is 3.37. The van der Waals surface area contributed by atoms with Gasteiger partial charge < -0.3 is 15.5 Å². The van der Waals surface area contributed by atoms with Crippen LogP contribution in [0.3, 0.4) is 0 Å². The zero-order valence-electron chi connectivity index (χ0n) is 12.7. The lowest BCUT2D eigenvalue weighted by atomic mass is 9.92. The van der Waals surface area contributed by atoms with Crippen molar-refractivity contribution in [2.45, 2.75) is 52.0 Å². The zero-order chi connectivity index (χ0) is 14.5. The number of nitrogens with zero attached hydrogens (tertiary/aromatic N) is 1. The Morgan fingerprint density at radius 2 is 1.80 bits per heavy atom. The van der Waals surface area contributed by atoms with Crippen molar-refractivity contribution >= 4 is 11.9 Å². The minimum atomic E-state index is -0.00737. The van der Waals surface area contributed by atoms with E-state index in [-0.39, 0.29) is 17.9 Å². The quantitative estimate of drug-likeness (QED) is 0.771. The molecule has 20 heavy (non-hydrogen) atoms. The number of carbonyl (C=O) groups excluding carboxylic acids is 2. The van der Waals surface area contributed by atoms with Crippen molar-refractivity contribution in [1.82, 2.24) is 15.5 Å². The van der Waals surface area contributed by atoms with Gasteiger partial charge in [0.25, 0.3) is 0 Å². The normalized spacial score (nSPS) is 25.4. The minimum Gasteiger partial charge on any atom is -0.354 e. The molecule has 1 heterocycles. The van der Waals surface area contributed by atoms with Crippen LogP contribution in [0.5, 0.6) is 0 Å². The molecule has 2 atom stereocenters. The van der Waals surface area contributed by atoms with Crippen LogP contribution in [-0.4, -0.2) is 42.5 Å². The van der Waals surface area contributed by atoms with Crippen molar-refractivity contribution in [3.05, 3.63) is 0 Å². The molecule has 2 fully saturated rings. The van der Waals surface area contributed by atoms with Crippen molar-refractivity contribution in [2.24, 2.45) is 11.8 Å². The Hall–Kier alpha value is -1.26. The van der Waals surface area contributed by atoms with Gasteiger partial charge in [-0.2, -0.15) is 0 Å². The summed E-state index contributed by atoms with van der Waals surface area (Å²) in [6.07, 6.45) is 6.09. The summed E-state index contributed by atoms with van der Waals surface area (Å²) in [5.74, 6) is 0.746. The van der Waals surface area contributed by atoms with Crippen LogP contribution in [0.2, 0.25) is 0 Å². The van der Waals surface area contributed by atoms with E-state index in [9.17, 15) is 9.59 Å². The van der Waals surface area contributed by atoms with E-state index in [2.05, 4.69) is 10.6 Å². The molecule has 0 aromatic rings. The largest absolute Gasteiger partial charge is 0.354 e. The summed E-state index contributed by atoms with van der Waals surface area (Å²) in [6.45, 7) is 5.62. The predicted molar refractivity (Wildman–Crippen MR) is 78.3 cm³/mol.